The molecule has 0 radical (unpaired) electrons. The van der Waals surface area contributed by atoms with Crippen LogP contribution in [0.5, 0.6) is 0 Å². The second-order valence-electron chi connectivity index (χ2n) is 5.55. The van der Waals surface area contributed by atoms with Gasteiger partial charge in [0.25, 0.3) is 0 Å². The maximum absolute atomic E-state index is 14.5. The van der Waals surface area contributed by atoms with Crippen molar-refractivity contribution in [2.24, 2.45) is 0 Å². The van der Waals surface area contributed by atoms with Crippen LogP contribution in [0, 0.1) is 17.1 Å². The summed E-state index contributed by atoms with van der Waals surface area (Å²) >= 11 is 5.98. The Balaban J connectivity index is 1.88. The molecule has 22 heavy (non-hydrogen) atoms. The Morgan fingerprint density at radius 2 is 2.14 bits per heavy atom. The number of hydrogen-bond acceptors (Lipinski definition) is 3. The van der Waals surface area contributed by atoms with Gasteiger partial charge in [-0.25, -0.2) is 13.8 Å². The smallest absolute Gasteiger partial charge is 0.177 e. The van der Waals surface area contributed by atoms with Crippen molar-refractivity contribution in [2.45, 2.75) is 37.9 Å². The zero-order valence-electron chi connectivity index (χ0n) is 11.7. The molecule has 1 saturated carbocycles. The third kappa shape index (κ3) is 2.81. The summed E-state index contributed by atoms with van der Waals surface area (Å²) in [5.41, 5.74) is -0.692. The second-order valence-corrected chi connectivity index (χ2v) is 5.91. The van der Waals surface area contributed by atoms with Gasteiger partial charge in [-0.05, 0) is 18.9 Å². The average Bonchev–Trinajstić information content (AvgIpc) is 3.10. The van der Waals surface area contributed by atoms with E-state index >= 15 is 0 Å². The summed E-state index contributed by atoms with van der Waals surface area (Å²) in [6.45, 7) is 0.177. The highest BCUT2D eigenvalue weighted by Gasteiger charge is 2.34. The Morgan fingerprint density at radius 1 is 1.41 bits per heavy atom. The minimum Gasteiger partial charge on any atom is -0.269 e. The maximum Gasteiger partial charge on any atom is 0.177 e. The van der Waals surface area contributed by atoms with Gasteiger partial charge in [-0.3, -0.25) is 4.68 Å². The van der Waals surface area contributed by atoms with Crippen LogP contribution in [0.2, 0.25) is 5.15 Å². The zero-order chi connectivity index (χ0) is 15.7. The number of alkyl halides is 1. The van der Waals surface area contributed by atoms with E-state index in [2.05, 4.69) is 10.1 Å². The van der Waals surface area contributed by atoms with E-state index < -0.39 is 11.5 Å². The van der Waals surface area contributed by atoms with Gasteiger partial charge in [-0.15, -0.1) is 0 Å². The minimum atomic E-state index is -1.22. The highest BCUT2D eigenvalue weighted by Crippen LogP contribution is 2.35. The monoisotopic (exact) mass is 322 g/mol. The van der Waals surface area contributed by atoms with Crippen molar-refractivity contribution in [1.29, 1.82) is 5.26 Å². The molecule has 0 aliphatic heterocycles. The normalized spacial score (nSPS) is 16.6. The Bertz CT molecular complexity index is 744. The minimum absolute atomic E-state index is 0.0216. The lowest BCUT2D eigenvalue weighted by molar-refractivity contribution is 0.139. The van der Waals surface area contributed by atoms with Crippen LogP contribution in [0.1, 0.15) is 31.4 Å². The van der Waals surface area contributed by atoms with Crippen LogP contribution in [0.15, 0.2) is 18.5 Å². The first kappa shape index (κ1) is 14.9. The van der Waals surface area contributed by atoms with Gasteiger partial charge in [0.2, 0.25) is 0 Å². The molecule has 0 saturated heterocycles. The summed E-state index contributed by atoms with van der Waals surface area (Å²) in [7, 11) is 0. The first-order chi connectivity index (χ1) is 10.5. The van der Waals surface area contributed by atoms with E-state index in [-0.39, 0.29) is 17.4 Å². The Morgan fingerprint density at radius 3 is 2.82 bits per heavy atom. The van der Waals surface area contributed by atoms with Crippen LogP contribution in [-0.4, -0.2) is 20.4 Å². The van der Waals surface area contributed by atoms with Gasteiger partial charge in [0, 0.05) is 17.3 Å². The van der Waals surface area contributed by atoms with Crippen molar-refractivity contribution in [1.82, 2.24) is 14.8 Å². The summed E-state index contributed by atoms with van der Waals surface area (Å²) in [6, 6.07) is 2.78. The van der Waals surface area contributed by atoms with Crippen molar-refractivity contribution in [3.05, 3.63) is 35.1 Å². The molecule has 0 unspecified atom stereocenters. The molecule has 3 rings (SSSR count). The molecule has 2 aromatic rings. The van der Waals surface area contributed by atoms with Gasteiger partial charge in [0.05, 0.1) is 12.7 Å². The van der Waals surface area contributed by atoms with Crippen LogP contribution < -0.4 is 0 Å². The summed E-state index contributed by atoms with van der Waals surface area (Å²) in [5.74, 6) is -0.743. The number of nitrogens with zero attached hydrogens (tertiary/aromatic N) is 4. The first-order valence-electron chi connectivity index (χ1n) is 6.99. The number of aromatic nitrogens is 3. The predicted molar refractivity (Wildman–Crippen MR) is 77.4 cm³/mol. The fourth-order valence-electron chi connectivity index (χ4n) is 2.79. The molecule has 0 amide bonds. The van der Waals surface area contributed by atoms with Crippen molar-refractivity contribution in [2.75, 3.05) is 0 Å². The molecule has 0 N–H and O–H groups in total. The summed E-state index contributed by atoms with van der Waals surface area (Å²) < 4.78 is 29.6. The van der Waals surface area contributed by atoms with Crippen molar-refractivity contribution < 1.29 is 8.78 Å². The van der Waals surface area contributed by atoms with Gasteiger partial charge < -0.3 is 0 Å². The SMILES string of the molecule is N#Cc1nc(Cl)c(-c2cnn(CC3(F)CCCC3)c2)cc1F. The molecule has 7 heteroatoms. The molecular weight excluding hydrogens is 310 g/mol. The van der Waals surface area contributed by atoms with Crippen molar-refractivity contribution in [3.8, 4) is 17.2 Å². The fraction of sp³-hybridized carbons (Fsp3) is 0.400. The highest BCUT2D eigenvalue weighted by molar-refractivity contribution is 6.32. The van der Waals surface area contributed by atoms with Crippen molar-refractivity contribution in [3.63, 3.8) is 0 Å². The van der Waals surface area contributed by atoms with Crippen LogP contribution in [0.3, 0.4) is 0 Å². The highest BCUT2D eigenvalue weighted by atomic mass is 35.5. The van der Waals surface area contributed by atoms with Gasteiger partial charge in [0.15, 0.2) is 11.5 Å². The number of nitriles is 1. The Labute approximate surface area is 131 Å². The van der Waals surface area contributed by atoms with Crippen LogP contribution in [0.25, 0.3) is 11.1 Å². The summed E-state index contributed by atoms with van der Waals surface area (Å²) in [5, 5.41) is 12.9. The molecule has 1 fully saturated rings. The molecular formula is C15H13ClF2N4. The lowest BCUT2D eigenvalue weighted by Gasteiger charge is -2.18. The lowest BCUT2D eigenvalue weighted by Crippen LogP contribution is -2.25. The van der Waals surface area contributed by atoms with E-state index in [1.54, 1.807) is 12.3 Å². The lowest BCUT2D eigenvalue weighted by atomic mass is 10.1. The maximum atomic E-state index is 14.5. The van der Waals surface area contributed by atoms with E-state index in [9.17, 15) is 8.78 Å². The molecule has 0 bridgehead atoms. The fourth-order valence-corrected chi connectivity index (χ4v) is 3.04. The molecule has 1 aliphatic rings. The third-order valence-electron chi connectivity index (χ3n) is 3.92. The molecule has 0 atom stereocenters. The number of halogens is 3. The summed E-state index contributed by atoms with van der Waals surface area (Å²) in [6.07, 6.45) is 5.97. The van der Waals surface area contributed by atoms with Crippen molar-refractivity contribution >= 4 is 11.6 Å². The standard InChI is InChI=1S/C15H13ClF2N4/c16-14-11(5-12(17)13(6-19)21-14)10-7-20-22(8-10)9-15(18)3-1-2-4-15/h5,7-8H,1-4,9H2. The zero-order valence-corrected chi connectivity index (χ0v) is 12.4. The molecule has 0 aromatic carbocycles. The van der Waals surface area contributed by atoms with E-state index in [4.69, 9.17) is 16.9 Å². The summed E-state index contributed by atoms with van der Waals surface area (Å²) in [4.78, 5) is 3.71. The molecule has 2 aromatic heterocycles. The van der Waals surface area contributed by atoms with E-state index in [0.717, 1.165) is 18.9 Å². The van der Waals surface area contributed by atoms with Gasteiger partial charge >= 0.3 is 0 Å². The van der Waals surface area contributed by atoms with E-state index in [0.29, 0.717) is 24.0 Å². The largest absolute Gasteiger partial charge is 0.269 e. The molecule has 2 heterocycles. The number of pyridine rings is 1. The second kappa shape index (κ2) is 5.65. The molecule has 1 aliphatic carbocycles. The van der Waals surface area contributed by atoms with E-state index in [1.165, 1.54) is 10.9 Å². The molecule has 4 nitrogen and oxygen atoms in total. The first-order valence-corrected chi connectivity index (χ1v) is 7.36. The van der Waals surface area contributed by atoms with Crippen LogP contribution >= 0.6 is 11.6 Å². The van der Waals surface area contributed by atoms with Gasteiger partial charge in [-0.1, -0.05) is 24.4 Å². The molecule has 0 spiro atoms. The quantitative estimate of drug-likeness (QED) is 0.805. The topological polar surface area (TPSA) is 54.5 Å². The predicted octanol–water partition coefficient (Wildman–Crippen LogP) is 3.89. The Hall–Kier alpha value is -2.00. The molecule has 114 valence electrons. The third-order valence-corrected chi connectivity index (χ3v) is 4.21. The van der Waals surface area contributed by atoms with E-state index in [1.807, 2.05) is 0 Å². The van der Waals surface area contributed by atoms with Gasteiger partial charge in [-0.2, -0.15) is 10.4 Å². The number of rotatable bonds is 3. The number of hydrogen-bond donors (Lipinski definition) is 0. The van der Waals surface area contributed by atoms with Crippen LogP contribution in [0.4, 0.5) is 8.78 Å². The Kier molecular flexibility index (Phi) is 3.83. The van der Waals surface area contributed by atoms with Crippen LogP contribution in [-0.2, 0) is 6.54 Å². The van der Waals surface area contributed by atoms with Gasteiger partial charge in [0.1, 0.15) is 16.9 Å². The average molecular weight is 323 g/mol.